The molecule has 2 N–H and O–H groups in total. The summed E-state index contributed by atoms with van der Waals surface area (Å²) in [7, 11) is 0. The summed E-state index contributed by atoms with van der Waals surface area (Å²) in [6.45, 7) is 4.29. The third kappa shape index (κ3) is 5.51. The van der Waals surface area contributed by atoms with E-state index in [2.05, 4.69) is 5.32 Å². The Labute approximate surface area is 152 Å². The first kappa shape index (κ1) is 19.3. The molecule has 2 rings (SSSR count). The van der Waals surface area contributed by atoms with Crippen LogP contribution in [0.2, 0.25) is 0 Å². The van der Waals surface area contributed by atoms with Gasteiger partial charge in [-0.2, -0.15) is 0 Å². The fourth-order valence-electron chi connectivity index (χ4n) is 2.29. The molecule has 0 aromatic heterocycles. The van der Waals surface area contributed by atoms with Gasteiger partial charge in [0.25, 0.3) is 5.91 Å². The SMILES string of the molecule is CCCOc1ccc(C(=O)O)cc1NC(=O)COc1cccc(CC)c1. The van der Waals surface area contributed by atoms with Crippen LogP contribution in [0, 0.1) is 0 Å². The molecule has 0 saturated heterocycles. The van der Waals surface area contributed by atoms with Crippen LogP contribution in [0.5, 0.6) is 11.5 Å². The molecule has 0 fully saturated rings. The van der Waals surface area contributed by atoms with Crippen molar-refractivity contribution in [2.75, 3.05) is 18.5 Å². The van der Waals surface area contributed by atoms with Crippen LogP contribution in [-0.2, 0) is 11.2 Å². The van der Waals surface area contributed by atoms with E-state index in [4.69, 9.17) is 14.6 Å². The van der Waals surface area contributed by atoms with E-state index in [1.54, 1.807) is 12.1 Å². The molecule has 0 aliphatic rings. The second-order valence-corrected chi connectivity index (χ2v) is 5.70. The number of nitrogens with one attached hydrogen (secondary N) is 1. The molecule has 138 valence electrons. The molecule has 0 aliphatic heterocycles. The van der Waals surface area contributed by atoms with Crippen LogP contribution in [0.3, 0.4) is 0 Å². The number of rotatable bonds is 9. The number of anilines is 1. The Morgan fingerprint density at radius 1 is 1.08 bits per heavy atom. The van der Waals surface area contributed by atoms with Gasteiger partial charge in [-0.1, -0.05) is 26.0 Å². The van der Waals surface area contributed by atoms with Gasteiger partial charge in [0.1, 0.15) is 11.5 Å². The van der Waals surface area contributed by atoms with Gasteiger partial charge in [0, 0.05) is 0 Å². The number of aryl methyl sites for hydroxylation is 1. The zero-order valence-corrected chi connectivity index (χ0v) is 15.0. The fraction of sp³-hybridized carbons (Fsp3) is 0.300. The number of hydrogen-bond donors (Lipinski definition) is 2. The number of carboxylic acid groups (broad SMARTS) is 1. The first-order valence-corrected chi connectivity index (χ1v) is 8.55. The predicted molar refractivity (Wildman–Crippen MR) is 99.1 cm³/mol. The van der Waals surface area contributed by atoms with Gasteiger partial charge in [0.2, 0.25) is 0 Å². The van der Waals surface area contributed by atoms with Crippen molar-refractivity contribution in [2.24, 2.45) is 0 Å². The summed E-state index contributed by atoms with van der Waals surface area (Å²) in [6, 6.07) is 11.9. The molecule has 0 radical (unpaired) electrons. The maximum Gasteiger partial charge on any atom is 0.335 e. The molecule has 0 unspecified atom stereocenters. The number of carbonyl (C=O) groups excluding carboxylic acids is 1. The predicted octanol–water partition coefficient (Wildman–Crippen LogP) is 3.75. The standard InChI is InChI=1S/C20H23NO5/c1-3-10-25-18-9-8-15(20(23)24)12-17(18)21-19(22)13-26-16-7-5-6-14(4-2)11-16/h5-9,11-12H,3-4,10,13H2,1-2H3,(H,21,22)(H,23,24). The Morgan fingerprint density at radius 3 is 2.58 bits per heavy atom. The number of benzene rings is 2. The van der Waals surface area contributed by atoms with Crippen molar-refractivity contribution in [3.8, 4) is 11.5 Å². The minimum Gasteiger partial charge on any atom is -0.491 e. The van der Waals surface area contributed by atoms with Crippen molar-refractivity contribution in [1.29, 1.82) is 0 Å². The summed E-state index contributed by atoms with van der Waals surface area (Å²) in [5, 5.41) is 11.8. The van der Waals surface area contributed by atoms with Crippen molar-refractivity contribution in [2.45, 2.75) is 26.7 Å². The summed E-state index contributed by atoms with van der Waals surface area (Å²) in [5.41, 5.74) is 1.50. The Hall–Kier alpha value is -3.02. The highest BCUT2D eigenvalue weighted by Crippen LogP contribution is 2.26. The van der Waals surface area contributed by atoms with E-state index in [1.807, 2.05) is 32.0 Å². The minimum atomic E-state index is -1.07. The van der Waals surface area contributed by atoms with Gasteiger partial charge >= 0.3 is 5.97 Å². The van der Waals surface area contributed by atoms with Crippen LogP contribution in [0.1, 0.15) is 36.2 Å². The highest BCUT2D eigenvalue weighted by atomic mass is 16.5. The lowest BCUT2D eigenvalue weighted by atomic mass is 10.2. The molecule has 0 aliphatic carbocycles. The smallest absolute Gasteiger partial charge is 0.335 e. The molecule has 26 heavy (non-hydrogen) atoms. The molecule has 6 heteroatoms. The third-order valence-corrected chi connectivity index (χ3v) is 3.64. The van der Waals surface area contributed by atoms with Crippen molar-refractivity contribution in [3.63, 3.8) is 0 Å². The van der Waals surface area contributed by atoms with E-state index in [1.165, 1.54) is 12.1 Å². The topological polar surface area (TPSA) is 84.9 Å². The molecule has 0 spiro atoms. The second-order valence-electron chi connectivity index (χ2n) is 5.70. The van der Waals surface area contributed by atoms with Crippen LogP contribution >= 0.6 is 0 Å². The van der Waals surface area contributed by atoms with E-state index >= 15 is 0 Å². The van der Waals surface area contributed by atoms with Crippen molar-refractivity contribution >= 4 is 17.6 Å². The van der Waals surface area contributed by atoms with E-state index in [0.717, 1.165) is 18.4 Å². The zero-order chi connectivity index (χ0) is 18.9. The summed E-state index contributed by atoms with van der Waals surface area (Å²) in [4.78, 5) is 23.4. The van der Waals surface area contributed by atoms with Crippen LogP contribution in [0.25, 0.3) is 0 Å². The normalized spacial score (nSPS) is 10.2. The Morgan fingerprint density at radius 2 is 1.88 bits per heavy atom. The lowest BCUT2D eigenvalue weighted by Crippen LogP contribution is -2.21. The van der Waals surface area contributed by atoms with Crippen LogP contribution in [0.15, 0.2) is 42.5 Å². The molecule has 0 atom stereocenters. The first-order valence-electron chi connectivity index (χ1n) is 8.55. The number of amides is 1. The van der Waals surface area contributed by atoms with Gasteiger partial charge in [-0.15, -0.1) is 0 Å². The van der Waals surface area contributed by atoms with Crippen molar-refractivity contribution < 1.29 is 24.2 Å². The average molecular weight is 357 g/mol. The Kier molecular flexibility index (Phi) is 7.02. The maximum atomic E-state index is 12.2. The van der Waals surface area contributed by atoms with Gasteiger partial charge < -0.3 is 19.9 Å². The molecule has 2 aromatic rings. The number of carboxylic acids is 1. The van der Waals surface area contributed by atoms with Crippen molar-refractivity contribution in [3.05, 3.63) is 53.6 Å². The summed E-state index contributed by atoms with van der Waals surface area (Å²) in [6.07, 6.45) is 1.68. The van der Waals surface area contributed by atoms with Gasteiger partial charge in [-0.3, -0.25) is 4.79 Å². The minimum absolute atomic E-state index is 0.0701. The van der Waals surface area contributed by atoms with E-state index in [-0.39, 0.29) is 12.2 Å². The highest BCUT2D eigenvalue weighted by molar-refractivity contribution is 5.96. The van der Waals surface area contributed by atoms with Gasteiger partial charge in [-0.05, 0) is 48.7 Å². The number of aromatic carboxylic acids is 1. The number of hydrogen-bond acceptors (Lipinski definition) is 4. The zero-order valence-electron chi connectivity index (χ0n) is 15.0. The molecule has 0 bridgehead atoms. The van der Waals surface area contributed by atoms with Gasteiger partial charge in [-0.25, -0.2) is 4.79 Å². The van der Waals surface area contributed by atoms with E-state index in [0.29, 0.717) is 23.8 Å². The van der Waals surface area contributed by atoms with Crippen LogP contribution in [-0.4, -0.2) is 30.2 Å². The fourth-order valence-corrected chi connectivity index (χ4v) is 2.29. The molecule has 2 aromatic carbocycles. The molecule has 0 heterocycles. The second kappa shape index (κ2) is 9.46. The number of ether oxygens (including phenoxy) is 2. The average Bonchev–Trinajstić information content (AvgIpc) is 2.65. The molecule has 0 saturated carbocycles. The maximum absolute atomic E-state index is 12.2. The monoisotopic (exact) mass is 357 g/mol. The molecular weight excluding hydrogens is 334 g/mol. The summed E-state index contributed by atoms with van der Waals surface area (Å²) < 4.78 is 11.1. The Balaban J connectivity index is 2.06. The first-order chi connectivity index (χ1) is 12.5. The highest BCUT2D eigenvalue weighted by Gasteiger charge is 2.13. The molecule has 1 amide bonds. The van der Waals surface area contributed by atoms with Gasteiger partial charge in [0.05, 0.1) is 17.9 Å². The van der Waals surface area contributed by atoms with E-state index < -0.39 is 11.9 Å². The molecular formula is C20H23NO5. The lowest BCUT2D eigenvalue weighted by molar-refractivity contribution is -0.118. The van der Waals surface area contributed by atoms with Crippen LogP contribution < -0.4 is 14.8 Å². The quantitative estimate of drug-likeness (QED) is 0.714. The summed E-state index contributed by atoms with van der Waals surface area (Å²) >= 11 is 0. The van der Waals surface area contributed by atoms with Crippen molar-refractivity contribution in [1.82, 2.24) is 0 Å². The summed E-state index contributed by atoms with van der Waals surface area (Å²) in [5.74, 6) is -0.426. The Bertz CT molecular complexity index is 773. The lowest BCUT2D eigenvalue weighted by Gasteiger charge is -2.13. The van der Waals surface area contributed by atoms with Gasteiger partial charge in [0.15, 0.2) is 6.61 Å². The van der Waals surface area contributed by atoms with Crippen LogP contribution in [0.4, 0.5) is 5.69 Å². The van der Waals surface area contributed by atoms with E-state index in [9.17, 15) is 9.59 Å². The molecule has 6 nitrogen and oxygen atoms in total. The number of carbonyl (C=O) groups is 2. The third-order valence-electron chi connectivity index (χ3n) is 3.64. The largest absolute Gasteiger partial charge is 0.491 e.